The standard InChI is InChI=1S/C14H20N2OS.C2H6.CH4O/c1-6-15-13-11(2)8-7-9-12(13)18-16(5)14(3,4)10-17;2*1-2/h6-10H,1-5H3;1-2H3;2H,1H3. The maximum Gasteiger partial charge on any atom is 0.140 e. The number of rotatable bonds is 5. The largest absolute Gasteiger partial charge is 0.400 e. The van der Waals surface area contributed by atoms with E-state index in [0.29, 0.717) is 0 Å². The predicted octanol–water partition coefficient (Wildman–Crippen LogP) is 4.27. The molecule has 22 heavy (non-hydrogen) atoms. The number of likely N-dealkylation sites (N-methyl/N-ethyl adjacent to an activating group) is 1. The van der Waals surface area contributed by atoms with Crippen LogP contribution >= 0.6 is 11.9 Å². The number of hydrogen-bond acceptors (Lipinski definition) is 5. The van der Waals surface area contributed by atoms with Crippen LogP contribution in [0.2, 0.25) is 0 Å². The van der Waals surface area contributed by atoms with Crippen LogP contribution in [0.15, 0.2) is 28.1 Å². The van der Waals surface area contributed by atoms with Crippen molar-refractivity contribution in [2.24, 2.45) is 4.99 Å². The van der Waals surface area contributed by atoms with Crippen molar-refractivity contribution in [3.63, 3.8) is 0 Å². The Labute approximate surface area is 139 Å². The van der Waals surface area contributed by atoms with Crippen LogP contribution in [-0.4, -0.2) is 41.6 Å². The second kappa shape index (κ2) is 12.4. The summed E-state index contributed by atoms with van der Waals surface area (Å²) in [6, 6.07) is 6.07. The van der Waals surface area contributed by atoms with Gasteiger partial charge in [-0.1, -0.05) is 26.0 Å². The van der Waals surface area contributed by atoms with E-state index in [2.05, 4.69) is 4.99 Å². The second-order valence-electron chi connectivity index (χ2n) is 4.67. The molecule has 0 radical (unpaired) electrons. The fraction of sp³-hybridized carbons (Fsp3) is 0.529. The van der Waals surface area contributed by atoms with Crippen LogP contribution in [0.3, 0.4) is 0 Å². The maximum atomic E-state index is 11.1. The number of hydrogen-bond donors (Lipinski definition) is 1. The average molecular weight is 327 g/mol. The van der Waals surface area contributed by atoms with Gasteiger partial charge in [0.2, 0.25) is 0 Å². The Morgan fingerprint density at radius 2 is 1.82 bits per heavy atom. The van der Waals surface area contributed by atoms with Crippen molar-refractivity contribution in [3.8, 4) is 0 Å². The van der Waals surface area contributed by atoms with Crippen molar-refractivity contribution < 1.29 is 9.90 Å². The summed E-state index contributed by atoms with van der Waals surface area (Å²) >= 11 is 1.54. The van der Waals surface area contributed by atoms with Gasteiger partial charge in [-0.3, -0.25) is 4.99 Å². The highest BCUT2D eigenvalue weighted by molar-refractivity contribution is 7.97. The molecule has 0 spiro atoms. The third-order valence-corrected chi connectivity index (χ3v) is 4.06. The Bertz CT molecular complexity index is 460. The van der Waals surface area contributed by atoms with E-state index in [9.17, 15) is 4.79 Å². The summed E-state index contributed by atoms with van der Waals surface area (Å²) < 4.78 is 1.95. The van der Waals surface area contributed by atoms with Gasteiger partial charge in [-0.25, -0.2) is 4.31 Å². The molecule has 4 nitrogen and oxygen atoms in total. The van der Waals surface area contributed by atoms with E-state index >= 15 is 0 Å². The lowest BCUT2D eigenvalue weighted by molar-refractivity contribution is -0.113. The molecule has 0 unspecified atom stereocenters. The van der Waals surface area contributed by atoms with Crippen molar-refractivity contribution in [2.45, 2.75) is 52.0 Å². The summed E-state index contributed by atoms with van der Waals surface area (Å²) in [4.78, 5) is 16.5. The smallest absolute Gasteiger partial charge is 0.140 e. The molecule has 126 valence electrons. The molecule has 0 aliphatic heterocycles. The molecule has 0 aromatic heterocycles. The van der Waals surface area contributed by atoms with Crippen LogP contribution in [-0.2, 0) is 4.79 Å². The van der Waals surface area contributed by atoms with Crippen LogP contribution < -0.4 is 0 Å². The molecule has 0 amide bonds. The number of aliphatic hydroxyl groups excluding tert-OH is 1. The van der Waals surface area contributed by atoms with E-state index < -0.39 is 5.54 Å². The molecule has 0 aliphatic carbocycles. The van der Waals surface area contributed by atoms with Crippen LogP contribution in [0.1, 0.15) is 40.2 Å². The zero-order chi connectivity index (χ0) is 17.8. The molecule has 5 heteroatoms. The minimum Gasteiger partial charge on any atom is -0.400 e. The summed E-state index contributed by atoms with van der Waals surface area (Å²) in [5, 5.41) is 7.00. The van der Waals surface area contributed by atoms with Crippen molar-refractivity contribution in [2.75, 3.05) is 14.2 Å². The van der Waals surface area contributed by atoms with Crippen LogP contribution in [0.5, 0.6) is 0 Å². The first kappa shape index (κ1) is 23.1. The van der Waals surface area contributed by atoms with Gasteiger partial charge in [-0.05, 0) is 58.3 Å². The van der Waals surface area contributed by atoms with E-state index in [-0.39, 0.29) is 0 Å². The molecule has 1 rings (SSSR count). The number of aliphatic imine (C=N–C) groups is 1. The number of nitrogens with zero attached hydrogens (tertiary/aromatic N) is 2. The molecule has 0 heterocycles. The number of carbonyl (C=O) groups excluding carboxylic acids is 1. The fourth-order valence-electron chi connectivity index (χ4n) is 1.34. The van der Waals surface area contributed by atoms with Gasteiger partial charge in [0.25, 0.3) is 0 Å². The zero-order valence-electron chi connectivity index (χ0n) is 15.0. The van der Waals surface area contributed by atoms with E-state index in [1.54, 1.807) is 18.2 Å². The van der Waals surface area contributed by atoms with Gasteiger partial charge in [0.05, 0.1) is 11.2 Å². The fourth-order valence-corrected chi connectivity index (χ4v) is 2.35. The lowest BCUT2D eigenvalue weighted by Gasteiger charge is -2.29. The van der Waals surface area contributed by atoms with Gasteiger partial charge < -0.3 is 9.90 Å². The Hall–Kier alpha value is -1.17. The number of para-hydroxylation sites is 1. The summed E-state index contributed by atoms with van der Waals surface area (Å²) in [7, 11) is 2.92. The molecular formula is C17H30N2O2S. The highest BCUT2D eigenvalue weighted by atomic mass is 32.2. The maximum absolute atomic E-state index is 11.1. The van der Waals surface area contributed by atoms with Crippen LogP contribution in [0.25, 0.3) is 0 Å². The van der Waals surface area contributed by atoms with Gasteiger partial charge >= 0.3 is 0 Å². The third kappa shape index (κ3) is 7.20. The highest BCUT2D eigenvalue weighted by Gasteiger charge is 2.24. The number of aliphatic hydroxyl groups is 1. The van der Waals surface area contributed by atoms with Crippen molar-refractivity contribution in [1.82, 2.24) is 4.31 Å². The molecule has 0 aliphatic rings. The highest BCUT2D eigenvalue weighted by Crippen LogP contribution is 2.36. The molecule has 1 N–H and O–H groups in total. The summed E-state index contributed by atoms with van der Waals surface area (Å²) in [6.07, 6.45) is 2.75. The summed E-state index contributed by atoms with van der Waals surface area (Å²) in [5.41, 5.74) is 1.61. The van der Waals surface area contributed by atoms with Gasteiger partial charge in [0.15, 0.2) is 0 Å². The molecule has 0 fully saturated rings. The normalized spacial score (nSPS) is 10.6. The minimum atomic E-state index is -0.498. The monoisotopic (exact) mass is 326 g/mol. The molecule has 0 saturated carbocycles. The van der Waals surface area contributed by atoms with Crippen LogP contribution in [0.4, 0.5) is 5.69 Å². The molecule has 0 saturated heterocycles. The molecule has 0 atom stereocenters. The van der Waals surface area contributed by atoms with Gasteiger partial charge in [-0.15, -0.1) is 0 Å². The first-order valence-corrected chi connectivity index (χ1v) is 8.11. The average Bonchev–Trinajstić information content (AvgIpc) is 2.54. The second-order valence-corrected chi connectivity index (χ2v) is 5.84. The Morgan fingerprint density at radius 1 is 1.27 bits per heavy atom. The molecule has 1 aromatic rings. The Kier molecular flexibility index (Phi) is 13.0. The summed E-state index contributed by atoms with van der Waals surface area (Å²) in [5.74, 6) is 0. The van der Waals surface area contributed by atoms with Crippen molar-refractivity contribution >= 4 is 30.1 Å². The van der Waals surface area contributed by atoms with E-state index in [1.165, 1.54) is 0 Å². The first-order chi connectivity index (χ1) is 10.4. The van der Waals surface area contributed by atoms with Crippen molar-refractivity contribution in [3.05, 3.63) is 23.8 Å². The van der Waals surface area contributed by atoms with Gasteiger partial charge in [0, 0.05) is 18.2 Å². The quantitative estimate of drug-likeness (QED) is 0.499. The molecule has 0 bridgehead atoms. The zero-order valence-corrected chi connectivity index (χ0v) is 15.9. The van der Waals surface area contributed by atoms with E-state index in [4.69, 9.17) is 5.11 Å². The lowest BCUT2D eigenvalue weighted by atomic mass is 10.1. The predicted molar refractivity (Wildman–Crippen MR) is 98.3 cm³/mol. The number of carbonyl (C=O) groups is 1. The lowest BCUT2D eigenvalue weighted by Crippen LogP contribution is -2.37. The van der Waals surface area contributed by atoms with Gasteiger partial charge in [-0.2, -0.15) is 0 Å². The van der Waals surface area contributed by atoms with E-state index in [1.807, 2.05) is 71.1 Å². The first-order valence-electron chi connectivity index (χ1n) is 7.33. The van der Waals surface area contributed by atoms with Crippen molar-refractivity contribution in [1.29, 1.82) is 0 Å². The summed E-state index contributed by atoms with van der Waals surface area (Å²) in [6.45, 7) is 11.7. The SMILES string of the molecule is CC.CC=Nc1c(C)cccc1SN(C)C(C)(C)C=O.CO. The minimum absolute atomic E-state index is 0.498. The number of aldehydes is 1. The Balaban J connectivity index is 0. The molecule has 1 aromatic carbocycles. The number of aryl methyl sites for hydroxylation is 1. The Morgan fingerprint density at radius 3 is 2.27 bits per heavy atom. The number of benzene rings is 1. The van der Waals surface area contributed by atoms with E-state index in [0.717, 1.165) is 29.5 Å². The van der Waals surface area contributed by atoms with Crippen LogP contribution in [0, 0.1) is 6.92 Å². The van der Waals surface area contributed by atoms with Gasteiger partial charge in [0.1, 0.15) is 6.29 Å². The molecular weight excluding hydrogens is 296 g/mol. The topological polar surface area (TPSA) is 52.9 Å². The third-order valence-electron chi connectivity index (χ3n) is 2.79.